The van der Waals surface area contributed by atoms with Gasteiger partial charge in [0.15, 0.2) is 5.78 Å². The molecule has 0 spiro atoms. The van der Waals surface area contributed by atoms with E-state index in [4.69, 9.17) is 11.6 Å². The van der Waals surface area contributed by atoms with E-state index in [1.807, 2.05) is 42.5 Å². The smallest absolute Gasteiger partial charge is 0.170 e. The third-order valence-corrected chi connectivity index (χ3v) is 4.05. The van der Waals surface area contributed by atoms with Gasteiger partial charge in [-0.25, -0.2) is 0 Å². The third-order valence-electron chi connectivity index (χ3n) is 3.23. The van der Waals surface area contributed by atoms with Crippen molar-refractivity contribution in [2.24, 2.45) is 0 Å². The van der Waals surface area contributed by atoms with Gasteiger partial charge in [0.2, 0.25) is 0 Å². The minimum Gasteiger partial charge on any atom is -0.294 e. The van der Waals surface area contributed by atoms with Gasteiger partial charge in [0.05, 0.1) is 17.0 Å². The van der Waals surface area contributed by atoms with Crippen molar-refractivity contribution in [2.75, 3.05) is 0 Å². The van der Waals surface area contributed by atoms with Gasteiger partial charge >= 0.3 is 0 Å². The van der Waals surface area contributed by atoms with Gasteiger partial charge in [-0.15, -0.1) is 0 Å². The Bertz CT molecular complexity index is 832. The van der Waals surface area contributed by atoms with Crippen LogP contribution in [0.4, 0.5) is 0 Å². The summed E-state index contributed by atoms with van der Waals surface area (Å²) in [5.74, 6) is -0.0379. The molecule has 21 heavy (non-hydrogen) atoms. The first kappa shape index (κ1) is 14.2. The molecule has 0 atom stereocenters. The maximum Gasteiger partial charge on any atom is 0.170 e. The fourth-order valence-electron chi connectivity index (χ4n) is 2.18. The molecule has 3 aromatic rings. The van der Waals surface area contributed by atoms with Crippen molar-refractivity contribution >= 4 is 44.2 Å². The molecule has 0 fully saturated rings. The lowest BCUT2D eigenvalue weighted by atomic mass is 10.1. The van der Waals surface area contributed by atoms with Crippen LogP contribution in [0.5, 0.6) is 0 Å². The van der Waals surface area contributed by atoms with Crippen LogP contribution in [0, 0.1) is 0 Å². The molecule has 2 nitrogen and oxygen atoms in total. The maximum absolute atomic E-state index is 12.4. The van der Waals surface area contributed by atoms with E-state index < -0.39 is 0 Å². The van der Waals surface area contributed by atoms with Crippen molar-refractivity contribution in [1.29, 1.82) is 0 Å². The van der Waals surface area contributed by atoms with Gasteiger partial charge in [-0.3, -0.25) is 9.78 Å². The lowest BCUT2D eigenvalue weighted by molar-refractivity contribution is 0.0992. The van der Waals surface area contributed by atoms with Gasteiger partial charge < -0.3 is 0 Å². The molecule has 104 valence electrons. The molecule has 1 heterocycles. The topological polar surface area (TPSA) is 30.0 Å². The number of hydrogen-bond donors (Lipinski definition) is 0. The second kappa shape index (κ2) is 5.96. The number of nitrogens with zero attached hydrogens (tertiary/aromatic N) is 1. The Morgan fingerprint density at radius 1 is 1.10 bits per heavy atom. The van der Waals surface area contributed by atoms with Crippen LogP contribution in [0.2, 0.25) is 5.02 Å². The fraction of sp³-hybridized carbons (Fsp3) is 0.0588. The van der Waals surface area contributed by atoms with Crippen LogP contribution < -0.4 is 0 Å². The summed E-state index contributed by atoms with van der Waals surface area (Å²) in [6.45, 7) is 0. The van der Waals surface area contributed by atoms with Gasteiger partial charge in [-0.2, -0.15) is 0 Å². The van der Waals surface area contributed by atoms with Gasteiger partial charge in [-0.1, -0.05) is 51.8 Å². The molecule has 0 saturated carbocycles. The van der Waals surface area contributed by atoms with Crippen LogP contribution in [-0.2, 0) is 6.42 Å². The SMILES string of the molecule is O=C(Cc1ccc2ccccc2n1)c1cc(Br)ccc1Cl. The van der Waals surface area contributed by atoms with Crippen molar-refractivity contribution < 1.29 is 4.79 Å². The van der Waals surface area contributed by atoms with Crippen molar-refractivity contribution in [1.82, 2.24) is 4.98 Å². The summed E-state index contributed by atoms with van der Waals surface area (Å²) in [6.07, 6.45) is 0.237. The summed E-state index contributed by atoms with van der Waals surface area (Å²) in [4.78, 5) is 16.9. The number of benzene rings is 2. The Labute approximate surface area is 135 Å². The minimum atomic E-state index is -0.0379. The normalized spacial score (nSPS) is 10.8. The van der Waals surface area contributed by atoms with E-state index in [1.54, 1.807) is 12.1 Å². The summed E-state index contributed by atoms with van der Waals surface area (Å²) in [7, 11) is 0. The number of Topliss-reactive ketones (excluding diaryl/α,β-unsaturated/α-hetero) is 1. The summed E-state index contributed by atoms with van der Waals surface area (Å²) in [5.41, 5.74) is 2.15. The minimum absolute atomic E-state index is 0.0379. The average Bonchev–Trinajstić information content (AvgIpc) is 2.49. The van der Waals surface area contributed by atoms with Gasteiger partial charge in [0, 0.05) is 21.1 Å². The molecule has 3 rings (SSSR count). The highest BCUT2D eigenvalue weighted by Crippen LogP contribution is 2.22. The van der Waals surface area contributed by atoms with E-state index in [-0.39, 0.29) is 12.2 Å². The van der Waals surface area contributed by atoms with Crippen LogP contribution in [0.15, 0.2) is 59.1 Å². The highest BCUT2D eigenvalue weighted by Gasteiger charge is 2.12. The van der Waals surface area contributed by atoms with E-state index in [0.717, 1.165) is 21.1 Å². The highest BCUT2D eigenvalue weighted by atomic mass is 79.9. The maximum atomic E-state index is 12.4. The monoisotopic (exact) mass is 359 g/mol. The number of para-hydroxylation sites is 1. The Morgan fingerprint density at radius 2 is 1.90 bits per heavy atom. The third kappa shape index (κ3) is 3.14. The number of halogens is 2. The van der Waals surface area contributed by atoms with Crippen molar-refractivity contribution in [3.05, 3.63) is 75.4 Å². The summed E-state index contributed by atoms with van der Waals surface area (Å²) >= 11 is 9.45. The van der Waals surface area contributed by atoms with Crippen molar-refractivity contribution in [3.8, 4) is 0 Å². The van der Waals surface area contributed by atoms with Crippen LogP contribution in [0.1, 0.15) is 16.1 Å². The molecular weight excluding hydrogens is 350 g/mol. The number of carbonyl (C=O) groups is 1. The number of ketones is 1. The zero-order valence-electron chi connectivity index (χ0n) is 11.0. The largest absolute Gasteiger partial charge is 0.294 e. The number of hydrogen-bond acceptors (Lipinski definition) is 2. The second-order valence-electron chi connectivity index (χ2n) is 4.72. The molecule has 0 saturated heterocycles. The molecule has 2 aromatic carbocycles. The van der Waals surface area contributed by atoms with Crippen molar-refractivity contribution in [2.45, 2.75) is 6.42 Å². The lowest BCUT2D eigenvalue weighted by Crippen LogP contribution is -2.06. The molecular formula is C17H11BrClNO. The Morgan fingerprint density at radius 3 is 2.76 bits per heavy atom. The molecule has 0 aliphatic heterocycles. The number of aromatic nitrogens is 1. The lowest BCUT2D eigenvalue weighted by Gasteiger charge is -2.05. The van der Waals surface area contributed by atoms with Crippen LogP contribution in [-0.4, -0.2) is 10.8 Å². The molecule has 0 amide bonds. The zero-order valence-corrected chi connectivity index (χ0v) is 13.4. The van der Waals surface area contributed by atoms with E-state index in [1.165, 1.54) is 0 Å². The number of pyridine rings is 1. The quantitative estimate of drug-likeness (QED) is 0.610. The summed E-state index contributed by atoms with van der Waals surface area (Å²) in [5, 5.41) is 1.53. The highest BCUT2D eigenvalue weighted by molar-refractivity contribution is 9.10. The second-order valence-corrected chi connectivity index (χ2v) is 6.04. The first-order chi connectivity index (χ1) is 10.1. The van der Waals surface area contributed by atoms with E-state index >= 15 is 0 Å². The number of fused-ring (bicyclic) bond motifs is 1. The van der Waals surface area contributed by atoms with Gasteiger partial charge in [-0.05, 0) is 30.3 Å². The Kier molecular flexibility index (Phi) is 4.04. The number of carbonyl (C=O) groups excluding carboxylic acids is 1. The van der Waals surface area contributed by atoms with Crippen LogP contribution in [0.3, 0.4) is 0 Å². The fourth-order valence-corrected chi connectivity index (χ4v) is 2.76. The average molecular weight is 361 g/mol. The molecule has 0 aliphatic rings. The van der Waals surface area contributed by atoms with Gasteiger partial charge in [0.1, 0.15) is 0 Å². The summed E-state index contributed by atoms with van der Waals surface area (Å²) in [6, 6.07) is 17.0. The Balaban J connectivity index is 1.90. The molecule has 0 aliphatic carbocycles. The Hall–Kier alpha value is -1.71. The molecule has 1 aromatic heterocycles. The van der Waals surface area contributed by atoms with E-state index in [0.29, 0.717) is 10.6 Å². The van der Waals surface area contributed by atoms with Crippen LogP contribution >= 0.6 is 27.5 Å². The molecule has 0 radical (unpaired) electrons. The van der Waals surface area contributed by atoms with Crippen molar-refractivity contribution in [3.63, 3.8) is 0 Å². The number of rotatable bonds is 3. The predicted molar refractivity (Wildman–Crippen MR) is 88.9 cm³/mol. The van der Waals surface area contributed by atoms with E-state index in [9.17, 15) is 4.79 Å². The molecule has 0 N–H and O–H groups in total. The molecule has 0 bridgehead atoms. The summed E-state index contributed by atoms with van der Waals surface area (Å²) < 4.78 is 0.835. The standard InChI is InChI=1S/C17H11BrClNO/c18-12-6-8-15(19)14(9-12)17(21)10-13-7-5-11-3-1-2-4-16(11)20-13/h1-9H,10H2. The van der Waals surface area contributed by atoms with Crippen LogP contribution in [0.25, 0.3) is 10.9 Å². The zero-order chi connectivity index (χ0) is 14.8. The van der Waals surface area contributed by atoms with E-state index in [2.05, 4.69) is 20.9 Å². The molecule has 0 unspecified atom stereocenters. The first-order valence-electron chi connectivity index (χ1n) is 6.46. The first-order valence-corrected chi connectivity index (χ1v) is 7.63. The predicted octanol–water partition coefficient (Wildman–Crippen LogP) is 5.08. The molecule has 4 heteroatoms. The van der Waals surface area contributed by atoms with Gasteiger partial charge in [0.25, 0.3) is 0 Å².